The van der Waals surface area contributed by atoms with Crippen LogP contribution in [0.4, 0.5) is 0 Å². The zero-order valence-corrected chi connectivity index (χ0v) is 12.0. The van der Waals surface area contributed by atoms with E-state index < -0.39 is 0 Å². The molecule has 1 aliphatic carbocycles. The van der Waals surface area contributed by atoms with E-state index in [1.165, 1.54) is 0 Å². The molecule has 0 N–H and O–H groups in total. The zero-order valence-electron chi connectivity index (χ0n) is 12.0. The van der Waals surface area contributed by atoms with Gasteiger partial charge in [-0.3, -0.25) is 9.59 Å². The summed E-state index contributed by atoms with van der Waals surface area (Å²) in [5, 5.41) is 0. The number of rotatable bonds is 2. The second kappa shape index (κ2) is 5.13. The van der Waals surface area contributed by atoms with Crippen LogP contribution in [0.15, 0.2) is 47.5 Å². The molecule has 0 spiro atoms. The third-order valence-corrected chi connectivity index (χ3v) is 3.74. The number of allylic oxidation sites excluding steroid dienone is 4. The summed E-state index contributed by atoms with van der Waals surface area (Å²) >= 11 is 0. The molecule has 0 aromatic heterocycles. The van der Waals surface area contributed by atoms with Crippen molar-refractivity contribution in [3.05, 3.63) is 53.6 Å². The Kier molecular flexibility index (Phi) is 3.29. The molecule has 106 valence electrons. The van der Waals surface area contributed by atoms with Crippen molar-refractivity contribution in [3.63, 3.8) is 0 Å². The van der Waals surface area contributed by atoms with Gasteiger partial charge in [-0.15, -0.1) is 0 Å². The molecule has 3 rings (SSSR count). The normalized spacial score (nSPS) is 19.3. The average Bonchev–Trinajstić information content (AvgIpc) is 2.48. The largest absolute Gasteiger partial charge is 0.349 e. The van der Waals surface area contributed by atoms with Gasteiger partial charge in [-0.1, -0.05) is 30.4 Å². The minimum atomic E-state index is -0.204. The Morgan fingerprint density at radius 2 is 1.95 bits per heavy atom. The molecule has 4 nitrogen and oxygen atoms in total. The topological polar surface area (TPSA) is 49.7 Å². The number of carbonyl (C=O) groups excluding carboxylic acids is 2. The van der Waals surface area contributed by atoms with E-state index in [0.29, 0.717) is 17.7 Å². The maximum Gasteiger partial charge on any atom is 0.278 e. The van der Waals surface area contributed by atoms with E-state index in [9.17, 15) is 9.59 Å². The molecule has 0 saturated carbocycles. The summed E-state index contributed by atoms with van der Waals surface area (Å²) in [6, 6.07) is 7.46. The van der Waals surface area contributed by atoms with E-state index in [1.54, 1.807) is 25.1 Å². The van der Waals surface area contributed by atoms with Crippen molar-refractivity contribution in [1.29, 1.82) is 0 Å². The molecule has 1 aromatic carbocycles. The summed E-state index contributed by atoms with van der Waals surface area (Å²) in [4.78, 5) is 29.5. The Morgan fingerprint density at radius 1 is 1.24 bits per heavy atom. The van der Waals surface area contributed by atoms with Crippen molar-refractivity contribution in [1.82, 2.24) is 4.90 Å². The van der Waals surface area contributed by atoms with Crippen LogP contribution >= 0.6 is 0 Å². The monoisotopic (exact) mass is 280 g/mol. The minimum Gasteiger partial charge on any atom is -0.349 e. The van der Waals surface area contributed by atoms with Crippen molar-refractivity contribution in [2.24, 2.45) is 10.9 Å². The summed E-state index contributed by atoms with van der Waals surface area (Å²) in [6.45, 7) is 0. The molecular formula is C17H16N2O2. The van der Waals surface area contributed by atoms with Gasteiger partial charge in [0.1, 0.15) is 0 Å². The van der Waals surface area contributed by atoms with Crippen molar-refractivity contribution >= 4 is 23.1 Å². The Bertz CT molecular complexity index is 711. The summed E-state index contributed by atoms with van der Waals surface area (Å²) in [5.41, 5.74) is 3.16. The highest BCUT2D eigenvalue weighted by Crippen LogP contribution is 2.31. The molecule has 0 saturated heterocycles. The number of fused-ring (bicyclic) bond motifs is 3. The van der Waals surface area contributed by atoms with Crippen molar-refractivity contribution in [2.45, 2.75) is 6.42 Å². The number of aliphatic imine (C=N–C) groups is 1. The van der Waals surface area contributed by atoms with Gasteiger partial charge in [0, 0.05) is 37.6 Å². The van der Waals surface area contributed by atoms with Crippen molar-refractivity contribution in [3.8, 4) is 0 Å². The highest BCUT2D eigenvalue weighted by Gasteiger charge is 2.26. The van der Waals surface area contributed by atoms with Gasteiger partial charge < -0.3 is 4.90 Å². The zero-order chi connectivity index (χ0) is 15.0. The first kappa shape index (κ1) is 13.5. The first-order valence-electron chi connectivity index (χ1n) is 6.89. The lowest BCUT2D eigenvalue weighted by Crippen LogP contribution is -2.25. The van der Waals surface area contributed by atoms with Crippen LogP contribution in [-0.4, -0.2) is 36.5 Å². The SMILES string of the molecule is CN(C)C(=O)CC1C=CC2=NC(=O)c3ccccc3C2=C1. The van der Waals surface area contributed by atoms with Gasteiger partial charge in [0.15, 0.2) is 0 Å². The highest BCUT2D eigenvalue weighted by atomic mass is 16.2. The van der Waals surface area contributed by atoms with E-state index in [1.807, 2.05) is 36.4 Å². The lowest BCUT2D eigenvalue weighted by molar-refractivity contribution is -0.129. The lowest BCUT2D eigenvalue weighted by atomic mass is 9.85. The van der Waals surface area contributed by atoms with Crippen LogP contribution < -0.4 is 0 Å². The number of hydrogen-bond donors (Lipinski definition) is 0. The highest BCUT2D eigenvalue weighted by molar-refractivity contribution is 6.36. The molecule has 1 heterocycles. The Morgan fingerprint density at radius 3 is 2.67 bits per heavy atom. The maximum atomic E-state index is 12.0. The van der Waals surface area contributed by atoms with E-state index >= 15 is 0 Å². The molecule has 2 amide bonds. The minimum absolute atomic E-state index is 0.0371. The lowest BCUT2D eigenvalue weighted by Gasteiger charge is -2.22. The molecular weight excluding hydrogens is 264 g/mol. The van der Waals surface area contributed by atoms with E-state index in [4.69, 9.17) is 0 Å². The smallest absolute Gasteiger partial charge is 0.278 e. The van der Waals surface area contributed by atoms with Crippen LogP contribution in [0.1, 0.15) is 22.3 Å². The molecule has 0 fully saturated rings. The van der Waals surface area contributed by atoms with Crippen LogP contribution in [-0.2, 0) is 4.79 Å². The van der Waals surface area contributed by atoms with Gasteiger partial charge in [0.05, 0.1) is 5.71 Å². The second-order valence-corrected chi connectivity index (χ2v) is 5.44. The third-order valence-electron chi connectivity index (χ3n) is 3.74. The molecule has 0 bridgehead atoms. The maximum absolute atomic E-state index is 12.0. The first-order valence-corrected chi connectivity index (χ1v) is 6.89. The molecule has 21 heavy (non-hydrogen) atoms. The Balaban J connectivity index is 1.97. The molecule has 1 aromatic rings. The molecule has 1 unspecified atom stereocenters. The standard InChI is InChI=1S/C17H16N2O2/c1-19(2)16(20)10-11-7-8-15-14(9-11)12-5-3-4-6-13(12)17(21)18-15/h3-9,11H,10H2,1-2H3. The molecule has 0 radical (unpaired) electrons. The summed E-state index contributed by atoms with van der Waals surface area (Å²) in [5.74, 6) is -0.0811. The quantitative estimate of drug-likeness (QED) is 0.834. The average molecular weight is 280 g/mol. The predicted molar refractivity (Wildman–Crippen MR) is 82.1 cm³/mol. The predicted octanol–water partition coefficient (Wildman–Crippen LogP) is 2.33. The molecule has 1 aliphatic heterocycles. The van der Waals surface area contributed by atoms with Gasteiger partial charge in [0.2, 0.25) is 5.91 Å². The van der Waals surface area contributed by atoms with Gasteiger partial charge in [-0.25, -0.2) is 4.99 Å². The van der Waals surface area contributed by atoms with Crippen LogP contribution in [0.25, 0.3) is 5.57 Å². The summed E-state index contributed by atoms with van der Waals surface area (Å²) < 4.78 is 0. The number of amides is 2. The van der Waals surface area contributed by atoms with Crippen LogP contribution in [0.5, 0.6) is 0 Å². The Labute approximate surface area is 123 Å². The second-order valence-electron chi connectivity index (χ2n) is 5.44. The van der Waals surface area contributed by atoms with Crippen LogP contribution in [0.3, 0.4) is 0 Å². The van der Waals surface area contributed by atoms with Gasteiger partial charge in [-0.05, 0) is 17.7 Å². The van der Waals surface area contributed by atoms with E-state index in [-0.39, 0.29) is 17.7 Å². The number of carbonyl (C=O) groups is 2. The van der Waals surface area contributed by atoms with Gasteiger partial charge >= 0.3 is 0 Å². The first-order chi connectivity index (χ1) is 10.1. The fraction of sp³-hybridized carbons (Fsp3) is 0.235. The van der Waals surface area contributed by atoms with Crippen molar-refractivity contribution in [2.75, 3.05) is 14.1 Å². The summed E-state index contributed by atoms with van der Waals surface area (Å²) in [7, 11) is 3.51. The molecule has 1 atom stereocenters. The molecule has 4 heteroatoms. The van der Waals surface area contributed by atoms with E-state index in [0.717, 1.165) is 11.1 Å². The molecule has 2 aliphatic rings. The fourth-order valence-electron chi connectivity index (χ4n) is 2.57. The van der Waals surface area contributed by atoms with Crippen LogP contribution in [0.2, 0.25) is 0 Å². The van der Waals surface area contributed by atoms with Crippen molar-refractivity contribution < 1.29 is 9.59 Å². The van der Waals surface area contributed by atoms with Gasteiger partial charge in [0.25, 0.3) is 5.91 Å². The number of benzene rings is 1. The number of nitrogens with zero attached hydrogens (tertiary/aromatic N) is 2. The fourth-order valence-corrected chi connectivity index (χ4v) is 2.57. The van der Waals surface area contributed by atoms with Crippen LogP contribution in [0, 0.1) is 5.92 Å². The van der Waals surface area contributed by atoms with E-state index in [2.05, 4.69) is 4.99 Å². The third kappa shape index (κ3) is 2.44. The van der Waals surface area contributed by atoms with Gasteiger partial charge in [-0.2, -0.15) is 0 Å². The summed E-state index contributed by atoms with van der Waals surface area (Å²) in [6.07, 6.45) is 6.24. The number of hydrogen-bond acceptors (Lipinski definition) is 2. The Hall–Kier alpha value is -2.49.